The lowest BCUT2D eigenvalue weighted by molar-refractivity contribution is -0.143. The molecule has 2 rings (SSSR count). The smallest absolute Gasteiger partial charge is 0.323 e. The summed E-state index contributed by atoms with van der Waals surface area (Å²) >= 11 is 2.87. The van der Waals surface area contributed by atoms with Crippen molar-refractivity contribution in [2.75, 3.05) is 38.2 Å². The molecule has 1 aliphatic heterocycles. The van der Waals surface area contributed by atoms with Gasteiger partial charge in [0.05, 0.1) is 0 Å². The molecule has 0 amide bonds. The van der Waals surface area contributed by atoms with Gasteiger partial charge >= 0.3 is 5.97 Å². The number of carboxylic acids is 1. The van der Waals surface area contributed by atoms with Crippen molar-refractivity contribution in [2.24, 2.45) is 0 Å². The van der Waals surface area contributed by atoms with Gasteiger partial charge in [0.15, 0.2) is 0 Å². The fraction of sp³-hybridized carbons (Fsp3) is 0.615. The first kappa shape index (κ1) is 17.7. The van der Waals surface area contributed by atoms with Gasteiger partial charge in [-0.05, 0) is 36.4 Å². The van der Waals surface area contributed by atoms with Crippen molar-refractivity contribution in [3.63, 3.8) is 0 Å². The average Bonchev–Trinajstić information content (AvgIpc) is 3.02. The normalized spacial score (nSPS) is 21.0. The van der Waals surface area contributed by atoms with Crippen LogP contribution in [0.3, 0.4) is 0 Å². The van der Waals surface area contributed by atoms with E-state index in [1.165, 1.54) is 6.07 Å². The van der Waals surface area contributed by atoms with Crippen LogP contribution in [-0.4, -0.2) is 72.9 Å². The van der Waals surface area contributed by atoms with E-state index >= 15 is 0 Å². The molecule has 22 heavy (non-hydrogen) atoms. The van der Waals surface area contributed by atoms with Gasteiger partial charge in [0.2, 0.25) is 0 Å². The van der Waals surface area contributed by atoms with Crippen LogP contribution in [0.25, 0.3) is 0 Å². The quantitative estimate of drug-likeness (QED) is 0.734. The second kappa shape index (κ2) is 7.78. The lowest BCUT2D eigenvalue weighted by Gasteiger charge is -2.38. The molecule has 2 heterocycles. The van der Waals surface area contributed by atoms with E-state index in [4.69, 9.17) is 0 Å². The van der Waals surface area contributed by atoms with Crippen molar-refractivity contribution < 1.29 is 18.3 Å². The van der Waals surface area contributed by atoms with Crippen LogP contribution in [0, 0.1) is 0 Å². The Morgan fingerprint density at radius 3 is 2.86 bits per heavy atom. The molecular formula is C13H20N2O4S3. The van der Waals surface area contributed by atoms with Gasteiger partial charge in [-0.25, -0.2) is 8.42 Å². The maximum atomic E-state index is 12.6. The molecule has 0 radical (unpaired) electrons. The Morgan fingerprint density at radius 2 is 2.27 bits per heavy atom. The highest BCUT2D eigenvalue weighted by Crippen LogP contribution is 2.25. The zero-order valence-corrected chi connectivity index (χ0v) is 14.8. The predicted molar refractivity (Wildman–Crippen MR) is 89.1 cm³/mol. The Bertz CT molecular complexity index is 588. The number of carbonyl (C=O) groups is 1. The summed E-state index contributed by atoms with van der Waals surface area (Å²) in [4.78, 5) is 13.6. The van der Waals surface area contributed by atoms with Gasteiger partial charge < -0.3 is 5.11 Å². The Labute approximate surface area is 139 Å². The Balaban J connectivity index is 2.11. The lowest BCUT2D eigenvalue weighted by Crippen LogP contribution is -2.58. The van der Waals surface area contributed by atoms with E-state index in [1.807, 2.05) is 11.2 Å². The molecule has 1 unspecified atom stereocenters. The number of hydrogen-bond acceptors (Lipinski definition) is 6. The minimum atomic E-state index is -3.72. The van der Waals surface area contributed by atoms with Gasteiger partial charge in [-0.15, -0.1) is 11.3 Å². The first-order chi connectivity index (χ1) is 10.5. The Kier molecular flexibility index (Phi) is 6.27. The summed E-state index contributed by atoms with van der Waals surface area (Å²) in [5.41, 5.74) is 0. The zero-order valence-electron chi connectivity index (χ0n) is 12.3. The van der Waals surface area contributed by atoms with Crippen LogP contribution in [0.4, 0.5) is 0 Å². The number of sulfonamides is 1. The summed E-state index contributed by atoms with van der Waals surface area (Å²) in [6.07, 6.45) is 3.01. The van der Waals surface area contributed by atoms with E-state index < -0.39 is 22.0 Å². The molecule has 1 fully saturated rings. The molecule has 1 aliphatic rings. The van der Waals surface area contributed by atoms with E-state index in [0.717, 1.165) is 34.4 Å². The van der Waals surface area contributed by atoms with Crippen LogP contribution in [0.15, 0.2) is 21.7 Å². The Hall–Kier alpha value is -0.610. The number of nitrogens with zero attached hydrogens (tertiary/aromatic N) is 2. The number of thiophene rings is 1. The molecule has 9 heteroatoms. The number of hydrogen-bond donors (Lipinski definition) is 1. The fourth-order valence-corrected chi connectivity index (χ4v) is 5.58. The second-order valence-electron chi connectivity index (χ2n) is 5.05. The predicted octanol–water partition coefficient (Wildman–Crippen LogP) is 1.26. The molecular weight excluding hydrogens is 344 g/mol. The summed E-state index contributed by atoms with van der Waals surface area (Å²) in [5, 5.41) is 11.1. The minimum absolute atomic E-state index is 0.203. The van der Waals surface area contributed by atoms with Gasteiger partial charge in [0.25, 0.3) is 10.0 Å². The van der Waals surface area contributed by atoms with Gasteiger partial charge in [-0.2, -0.15) is 16.1 Å². The first-order valence-electron chi connectivity index (χ1n) is 6.96. The maximum absolute atomic E-state index is 12.6. The van der Waals surface area contributed by atoms with Crippen molar-refractivity contribution in [1.82, 2.24) is 9.21 Å². The largest absolute Gasteiger partial charge is 0.480 e. The summed E-state index contributed by atoms with van der Waals surface area (Å²) in [6, 6.07) is 2.16. The monoisotopic (exact) mass is 364 g/mol. The summed E-state index contributed by atoms with van der Waals surface area (Å²) in [6.45, 7) is 1.84. The summed E-state index contributed by atoms with van der Waals surface area (Å²) < 4.78 is 26.5. The standard InChI is InChI=1S/C13H20N2O4S3/c1-20-8-3-5-14-6-7-15(11(10-14)13(16)17)22(18,19)12-4-2-9-21-12/h2,4,9,11H,3,5-8,10H2,1H3,(H,16,17). The van der Waals surface area contributed by atoms with Crippen LogP contribution < -0.4 is 0 Å². The Morgan fingerprint density at radius 1 is 1.50 bits per heavy atom. The maximum Gasteiger partial charge on any atom is 0.323 e. The number of piperazine rings is 1. The van der Waals surface area contributed by atoms with Crippen molar-refractivity contribution in [3.05, 3.63) is 17.5 Å². The highest BCUT2D eigenvalue weighted by atomic mass is 32.2. The molecule has 0 saturated carbocycles. The zero-order chi connectivity index (χ0) is 16.2. The third kappa shape index (κ3) is 4.02. The van der Waals surface area contributed by atoms with Crippen molar-refractivity contribution >= 4 is 39.1 Å². The summed E-state index contributed by atoms with van der Waals surface area (Å²) in [5.74, 6) is -0.0690. The van der Waals surface area contributed by atoms with Gasteiger partial charge in [0.1, 0.15) is 10.3 Å². The van der Waals surface area contributed by atoms with Crippen molar-refractivity contribution in [1.29, 1.82) is 0 Å². The molecule has 1 atom stereocenters. The third-order valence-electron chi connectivity index (χ3n) is 3.58. The van der Waals surface area contributed by atoms with E-state index in [1.54, 1.807) is 23.2 Å². The lowest BCUT2D eigenvalue weighted by atomic mass is 10.2. The summed E-state index contributed by atoms with van der Waals surface area (Å²) in [7, 11) is -3.72. The van der Waals surface area contributed by atoms with Crippen LogP contribution in [0.2, 0.25) is 0 Å². The van der Waals surface area contributed by atoms with E-state index in [0.29, 0.717) is 6.54 Å². The highest BCUT2D eigenvalue weighted by molar-refractivity contribution is 7.98. The van der Waals surface area contributed by atoms with Crippen LogP contribution in [0.5, 0.6) is 0 Å². The number of aliphatic carboxylic acids is 1. The third-order valence-corrected chi connectivity index (χ3v) is 7.56. The van der Waals surface area contributed by atoms with Gasteiger partial charge in [-0.3, -0.25) is 9.69 Å². The van der Waals surface area contributed by atoms with Gasteiger partial charge in [0, 0.05) is 19.6 Å². The molecule has 0 spiro atoms. The highest BCUT2D eigenvalue weighted by Gasteiger charge is 2.40. The molecule has 1 aromatic heterocycles. The van der Waals surface area contributed by atoms with Gasteiger partial charge in [-0.1, -0.05) is 6.07 Å². The van der Waals surface area contributed by atoms with Crippen molar-refractivity contribution in [2.45, 2.75) is 16.7 Å². The topological polar surface area (TPSA) is 77.9 Å². The second-order valence-corrected chi connectivity index (χ2v) is 9.10. The number of rotatable bonds is 7. The molecule has 0 aliphatic carbocycles. The van der Waals surface area contributed by atoms with Crippen molar-refractivity contribution in [3.8, 4) is 0 Å². The first-order valence-corrected chi connectivity index (χ1v) is 10.7. The fourth-order valence-electron chi connectivity index (χ4n) is 2.47. The molecule has 1 aromatic rings. The molecule has 1 N–H and O–H groups in total. The molecule has 0 aromatic carbocycles. The molecule has 6 nitrogen and oxygen atoms in total. The molecule has 1 saturated heterocycles. The number of thioether (sulfide) groups is 1. The van der Waals surface area contributed by atoms with Crippen LogP contribution in [0.1, 0.15) is 6.42 Å². The average molecular weight is 365 g/mol. The molecule has 0 bridgehead atoms. The van der Waals surface area contributed by atoms with E-state index in [2.05, 4.69) is 0 Å². The number of carboxylic acid groups (broad SMARTS) is 1. The van der Waals surface area contributed by atoms with Crippen LogP contribution >= 0.6 is 23.1 Å². The molecule has 124 valence electrons. The minimum Gasteiger partial charge on any atom is -0.480 e. The van der Waals surface area contributed by atoms with E-state index in [-0.39, 0.29) is 17.3 Å². The van der Waals surface area contributed by atoms with Crippen LogP contribution in [-0.2, 0) is 14.8 Å². The van der Waals surface area contributed by atoms with E-state index in [9.17, 15) is 18.3 Å². The SMILES string of the molecule is CSCCCN1CCN(S(=O)(=O)c2cccs2)C(C(=O)O)C1.